The maximum atomic E-state index is 12.7. The van der Waals surface area contributed by atoms with Crippen molar-refractivity contribution < 1.29 is 14.3 Å². The Kier molecular flexibility index (Phi) is 4.22. The van der Waals surface area contributed by atoms with E-state index in [2.05, 4.69) is 33.4 Å². The second-order valence-corrected chi connectivity index (χ2v) is 7.61. The molecule has 2 atom stereocenters. The fraction of sp³-hybridized carbons (Fsp3) is 0.529. The summed E-state index contributed by atoms with van der Waals surface area (Å²) in [5.74, 6) is 0.321. The number of carbonyl (C=O) groups excluding carboxylic acids is 2. The molecule has 0 saturated carbocycles. The molecule has 0 radical (unpaired) electrons. The molecule has 4 rings (SSSR count). The van der Waals surface area contributed by atoms with Crippen molar-refractivity contribution >= 4 is 27.9 Å². The zero-order valence-corrected chi connectivity index (χ0v) is 14.9. The molecule has 0 aromatic heterocycles. The van der Waals surface area contributed by atoms with Crippen LogP contribution < -0.4 is 5.32 Å². The average molecular weight is 394 g/mol. The van der Waals surface area contributed by atoms with Crippen LogP contribution in [0.25, 0.3) is 0 Å². The molecule has 24 heavy (non-hydrogen) atoms. The summed E-state index contributed by atoms with van der Waals surface area (Å²) >= 11 is 3.44. The highest BCUT2D eigenvalue weighted by Crippen LogP contribution is 2.29. The molecule has 3 saturated heterocycles. The number of nitrogens with one attached hydrogen (secondary N) is 1. The van der Waals surface area contributed by atoms with Gasteiger partial charge < -0.3 is 19.9 Å². The predicted octanol–water partition coefficient (Wildman–Crippen LogP) is 1.56. The highest BCUT2D eigenvalue weighted by atomic mass is 79.9. The minimum absolute atomic E-state index is 0.0404. The third kappa shape index (κ3) is 3.02. The van der Waals surface area contributed by atoms with E-state index in [1.807, 2.05) is 21.9 Å². The summed E-state index contributed by atoms with van der Waals surface area (Å²) in [5, 5.41) is 2.94. The molecule has 0 unspecified atom stereocenters. The van der Waals surface area contributed by atoms with Crippen LogP contribution in [-0.2, 0) is 9.53 Å². The molecular formula is C17H20BrN3O3. The van der Waals surface area contributed by atoms with Gasteiger partial charge in [-0.25, -0.2) is 4.79 Å². The quantitative estimate of drug-likeness (QED) is 0.787. The Morgan fingerprint density at radius 1 is 1.17 bits per heavy atom. The smallest absolute Gasteiger partial charge is 0.320 e. The summed E-state index contributed by atoms with van der Waals surface area (Å²) in [6, 6.07) is 8.29. The minimum Gasteiger partial charge on any atom is -0.366 e. The maximum absolute atomic E-state index is 12.7. The first-order valence-corrected chi connectivity index (χ1v) is 9.10. The topological polar surface area (TPSA) is 61.9 Å². The van der Waals surface area contributed by atoms with E-state index >= 15 is 0 Å². The number of ether oxygens (including phenoxy) is 1. The van der Waals surface area contributed by atoms with Crippen LogP contribution in [0, 0.1) is 0 Å². The summed E-state index contributed by atoms with van der Waals surface area (Å²) in [6.45, 7) is 2.88. The molecular weight excluding hydrogens is 374 g/mol. The lowest BCUT2D eigenvalue weighted by Gasteiger charge is -2.46. The van der Waals surface area contributed by atoms with Gasteiger partial charge in [-0.2, -0.15) is 0 Å². The molecule has 3 heterocycles. The Hall–Kier alpha value is -1.60. The Bertz CT molecular complexity index is 645. The van der Waals surface area contributed by atoms with Crippen molar-refractivity contribution in [3.8, 4) is 0 Å². The Balaban J connectivity index is 1.32. The Morgan fingerprint density at radius 3 is 2.67 bits per heavy atom. The van der Waals surface area contributed by atoms with E-state index in [9.17, 15) is 9.59 Å². The zero-order valence-electron chi connectivity index (χ0n) is 13.3. The summed E-state index contributed by atoms with van der Waals surface area (Å²) < 4.78 is 6.61. The van der Waals surface area contributed by atoms with Crippen LogP contribution in [-0.4, -0.2) is 66.7 Å². The number of morpholine rings is 1. The molecule has 3 aliphatic heterocycles. The third-order valence-electron chi connectivity index (χ3n) is 5.09. The van der Waals surface area contributed by atoms with E-state index in [0.717, 1.165) is 24.0 Å². The van der Waals surface area contributed by atoms with Gasteiger partial charge in [-0.15, -0.1) is 0 Å². The van der Waals surface area contributed by atoms with E-state index in [0.29, 0.717) is 19.0 Å². The average Bonchev–Trinajstić information content (AvgIpc) is 2.54. The number of likely N-dealkylation sites (tertiary alicyclic amines) is 2. The van der Waals surface area contributed by atoms with Gasteiger partial charge in [0.2, 0.25) is 5.91 Å². The molecule has 7 heteroatoms. The number of piperidine rings is 1. The molecule has 6 nitrogen and oxygen atoms in total. The van der Waals surface area contributed by atoms with Crippen molar-refractivity contribution in [2.75, 3.05) is 32.8 Å². The summed E-state index contributed by atoms with van der Waals surface area (Å²) in [5.41, 5.74) is 1.27. The van der Waals surface area contributed by atoms with Gasteiger partial charge in [-0.3, -0.25) is 4.79 Å². The largest absolute Gasteiger partial charge is 0.366 e. The third-order valence-corrected chi connectivity index (χ3v) is 5.62. The van der Waals surface area contributed by atoms with Gasteiger partial charge in [0.1, 0.15) is 6.61 Å². The number of rotatable bonds is 1. The normalized spacial score (nSPS) is 27.3. The van der Waals surface area contributed by atoms with Crippen molar-refractivity contribution in [2.45, 2.75) is 24.5 Å². The van der Waals surface area contributed by atoms with E-state index in [4.69, 9.17) is 4.74 Å². The van der Waals surface area contributed by atoms with E-state index in [1.165, 1.54) is 5.56 Å². The van der Waals surface area contributed by atoms with Gasteiger partial charge in [0.05, 0.1) is 12.1 Å². The van der Waals surface area contributed by atoms with Crippen LogP contribution in [0.3, 0.4) is 0 Å². The lowest BCUT2D eigenvalue weighted by molar-refractivity contribution is -0.139. The summed E-state index contributed by atoms with van der Waals surface area (Å²) in [4.78, 5) is 27.9. The number of hydrogen-bond donors (Lipinski definition) is 1. The number of amides is 3. The number of carbonyl (C=O) groups is 2. The Morgan fingerprint density at radius 2 is 1.92 bits per heavy atom. The number of fused-ring (bicyclic) bond motifs is 1. The van der Waals surface area contributed by atoms with E-state index in [-0.39, 0.29) is 30.7 Å². The van der Waals surface area contributed by atoms with E-state index in [1.54, 1.807) is 0 Å². The molecule has 0 bridgehead atoms. The van der Waals surface area contributed by atoms with Crippen LogP contribution in [0.2, 0.25) is 0 Å². The number of nitrogens with zero attached hydrogens (tertiary/aromatic N) is 2. The molecule has 0 aliphatic carbocycles. The first-order valence-electron chi connectivity index (χ1n) is 8.30. The standard InChI is InChI=1S/C17H20BrN3O3/c18-13-3-1-11(2-4-13)12-7-21(8-12)17(23)20-6-5-15-14(9-20)19-16(22)10-24-15/h1-4,12,14-15H,5-10H2,(H,19,22)/t14-,15+/m1/s1. The summed E-state index contributed by atoms with van der Waals surface area (Å²) in [7, 11) is 0. The molecule has 3 fully saturated rings. The van der Waals surface area contributed by atoms with Crippen molar-refractivity contribution in [2.24, 2.45) is 0 Å². The fourth-order valence-corrected chi connectivity index (χ4v) is 3.92. The van der Waals surface area contributed by atoms with Gasteiger partial charge in [0, 0.05) is 36.6 Å². The number of urea groups is 1. The maximum Gasteiger partial charge on any atom is 0.320 e. The van der Waals surface area contributed by atoms with Crippen molar-refractivity contribution in [1.82, 2.24) is 15.1 Å². The lowest BCUT2D eigenvalue weighted by atomic mass is 9.91. The zero-order chi connectivity index (χ0) is 16.7. The highest BCUT2D eigenvalue weighted by molar-refractivity contribution is 9.10. The number of hydrogen-bond acceptors (Lipinski definition) is 3. The monoisotopic (exact) mass is 393 g/mol. The Labute approximate surface area is 149 Å². The van der Waals surface area contributed by atoms with Crippen LogP contribution in [0.4, 0.5) is 4.79 Å². The van der Waals surface area contributed by atoms with Crippen molar-refractivity contribution in [3.05, 3.63) is 34.3 Å². The number of benzene rings is 1. The first-order chi connectivity index (χ1) is 11.6. The van der Waals surface area contributed by atoms with Crippen LogP contribution in [0.1, 0.15) is 17.9 Å². The van der Waals surface area contributed by atoms with Gasteiger partial charge in [-0.05, 0) is 24.1 Å². The van der Waals surface area contributed by atoms with Gasteiger partial charge in [0.15, 0.2) is 0 Å². The van der Waals surface area contributed by atoms with Gasteiger partial charge in [-0.1, -0.05) is 28.1 Å². The number of halogens is 1. The van der Waals surface area contributed by atoms with Crippen molar-refractivity contribution in [1.29, 1.82) is 0 Å². The van der Waals surface area contributed by atoms with Gasteiger partial charge >= 0.3 is 6.03 Å². The molecule has 128 valence electrons. The van der Waals surface area contributed by atoms with Crippen molar-refractivity contribution in [3.63, 3.8) is 0 Å². The second-order valence-electron chi connectivity index (χ2n) is 6.69. The van der Waals surface area contributed by atoms with Crippen LogP contribution in [0.15, 0.2) is 28.7 Å². The van der Waals surface area contributed by atoms with E-state index < -0.39 is 0 Å². The van der Waals surface area contributed by atoms with Gasteiger partial charge in [0.25, 0.3) is 0 Å². The molecule has 1 N–H and O–H groups in total. The molecule has 0 spiro atoms. The highest BCUT2D eigenvalue weighted by Gasteiger charge is 2.40. The first kappa shape index (κ1) is 15.9. The lowest BCUT2D eigenvalue weighted by Crippen LogP contribution is -2.63. The molecule has 1 aromatic rings. The molecule has 3 amide bonds. The summed E-state index contributed by atoms with van der Waals surface area (Å²) in [6.07, 6.45) is 0.819. The van der Waals surface area contributed by atoms with Crippen LogP contribution in [0.5, 0.6) is 0 Å². The van der Waals surface area contributed by atoms with Crippen LogP contribution >= 0.6 is 15.9 Å². The fourth-order valence-electron chi connectivity index (χ4n) is 3.65. The minimum atomic E-state index is -0.0928. The predicted molar refractivity (Wildman–Crippen MR) is 91.7 cm³/mol. The SMILES string of the molecule is O=C1CO[C@H]2CCN(C(=O)N3CC(c4ccc(Br)cc4)C3)C[C@H]2N1. The molecule has 3 aliphatic rings. The molecule has 1 aromatic carbocycles. The second kappa shape index (κ2) is 6.37.